The Kier molecular flexibility index (Phi) is 5.11. The normalized spacial score (nSPS) is 11.1. The van der Waals surface area contributed by atoms with E-state index in [-0.39, 0.29) is 22.3 Å². The first-order valence-corrected chi connectivity index (χ1v) is 9.38. The lowest BCUT2D eigenvalue weighted by atomic mass is 10.2. The molecule has 0 fully saturated rings. The topological polar surface area (TPSA) is 140 Å². The monoisotopic (exact) mass is 424 g/mol. The van der Waals surface area contributed by atoms with Crippen LogP contribution in [0.15, 0.2) is 40.1 Å². The number of hydrogen-bond donors (Lipinski definition) is 2. The van der Waals surface area contributed by atoms with Gasteiger partial charge in [-0.3, -0.25) is 19.1 Å². The molecule has 0 atom stereocenters. The Labute approximate surface area is 173 Å². The number of H-pyrrole nitrogens is 1. The molecule has 0 aliphatic rings. The van der Waals surface area contributed by atoms with Crippen molar-refractivity contribution in [1.29, 1.82) is 0 Å². The Balaban J connectivity index is 1.70. The van der Waals surface area contributed by atoms with E-state index in [1.807, 2.05) is 6.92 Å². The third-order valence-electron chi connectivity index (χ3n) is 4.61. The maximum atomic E-state index is 14.3. The predicted molar refractivity (Wildman–Crippen MR) is 109 cm³/mol. The molecular weight excluding hydrogens is 407 g/mol. The van der Waals surface area contributed by atoms with Gasteiger partial charge in [-0.15, -0.1) is 5.10 Å². The smallest absolute Gasteiger partial charge is 0.319 e. The number of rotatable bonds is 5. The number of nitrogens with zero attached hydrogens (tertiary/aromatic N) is 6. The van der Waals surface area contributed by atoms with Gasteiger partial charge in [-0.25, -0.2) is 14.2 Å². The minimum atomic E-state index is -0.675. The minimum absolute atomic E-state index is 0.0307. The Hall–Kier alpha value is -4.22. The van der Waals surface area contributed by atoms with E-state index in [4.69, 9.17) is 0 Å². The molecule has 4 aromatic rings. The van der Waals surface area contributed by atoms with Crippen molar-refractivity contribution < 1.29 is 9.18 Å². The highest BCUT2D eigenvalue weighted by Crippen LogP contribution is 2.20. The van der Waals surface area contributed by atoms with E-state index < -0.39 is 23.0 Å². The Morgan fingerprint density at radius 1 is 1.26 bits per heavy atom. The average molecular weight is 424 g/mol. The highest BCUT2D eigenvalue weighted by molar-refractivity contribution is 6.05. The van der Waals surface area contributed by atoms with Crippen LogP contribution in [0.5, 0.6) is 0 Å². The van der Waals surface area contributed by atoms with Crippen LogP contribution in [0.25, 0.3) is 16.7 Å². The molecular formula is C19H17FN8O3. The van der Waals surface area contributed by atoms with Gasteiger partial charge in [-0.05, 0) is 48.0 Å². The second-order valence-corrected chi connectivity index (χ2v) is 6.76. The van der Waals surface area contributed by atoms with E-state index in [2.05, 4.69) is 30.8 Å². The summed E-state index contributed by atoms with van der Waals surface area (Å²) in [5.74, 6) is -0.849. The first-order chi connectivity index (χ1) is 14.9. The Morgan fingerprint density at radius 3 is 2.77 bits per heavy atom. The van der Waals surface area contributed by atoms with Crippen LogP contribution >= 0.6 is 0 Å². The van der Waals surface area contributed by atoms with Crippen molar-refractivity contribution in [2.24, 2.45) is 0 Å². The van der Waals surface area contributed by atoms with Crippen molar-refractivity contribution in [2.45, 2.75) is 26.8 Å². The lowest BCUT2D eigenvalue weighted by Gasteiger charge is -2.10. The fraction of sp³-hybridized carbons (Fsp3) is 0.211. The molecule has 1 aromatic carbocycles. The van der Waals surface area contributed by atoms with Crippen LogP contribution in [0.4, 0.5) is 10.1 Å². The molecule has 158 valence electrons. The van der Waals surface area contributed by atoms with E-state index in [0.29, 0.717) is 24.5 Å². The van der Waals surface area contributed by atoms with Gasteiger partial charge in [0, 0.05) is 12.7 Å². The van der Waals surface area contributed by atoms with Gasteiger partial charge >= 0.3 is 5.69 Å². The van der Waals surface area contributed by atoms with Crippen molar-refractivity contribution in [3.8, 4) is 5.69 Å². The molecule has 11 nitrogen and oxygen atoms in total. The van der Waals surface area contributed by atoms with Gasteiger partial charge in [0.2, 0.25) is 0 Å². The number of tetrazole rings is 1. The lowest BCUT2D eigenvalue weighted by Crippen LogP contribution is -2.31. The molecule has 0 unspecified atom stereocenters. The van der Waals surface area contributed by atoms with Crippen LogP contribution in [0.1, 0.15) is 29.5 Å². The molecule has 0 saturated carbocycles. The lowest BCUT2D eigenvalue weighted by molar-refractivity contribution is 0.102. The van der Waals surface area contributed by atoms with Gasteiger partial charge in [-0.1, -0.05) is 6.92 Å². The third kappa shape index (κ3) is 3.70. The summed E-state index contributed by atoms with van der Waals surface area (Å²) in [6, 6.07) is 5.35. The highest BCUT2D eigenvalue weighted by Gasteiger charge is 2.15. The zero-order chi connectivity index (χ0) is 22.1. The summed E-state index contributed by atoms with van der Waals surface area (Å²) in [6.07, 6.45) is 1.89. The van der Waals surface area contributed by atoms with Crippen molar-refractivity contribution in [3.63, 3.8) is 0 Å². The zero-order valence-electron chi connectivity index (χ0n) is 16.6. The molecule has 0 aliphatic carbocycles. The number of aromatic nitrogens is 7. The van der Waals surface area contributed by atoms with Crippen LogP contribution < -0.4 is 16.6 Å². The molecule has 0 radical (unpaired) electrons. The van der Waals surface area contributed by atoms with Crippen molar-refractivity contribution in [3.05, 3.63) is 68.5 Å². The summed E-state index contributed by atoms with van der Waals surface area (Å²) in [7, 11) is 0. The SMILES string of the molecule is CCCn1c(=O)[nH]c(=O)c2cc(C(=O)Nc3cc(-n4nnnc4C)ccc3F)cnc21. The number of aryl methyl sites for hydroxylation is 2. The van der Waals surface area contributed by atoms with Crippen LogP contribution in [-0.2, 0) is 6.54 Å². The van der Waals surface area contributed by atoms with E-state index in [1.165, 1.54) is 39.7 Å². The minimum Gasteiger partial charge on any atom is -0.319 e. The van der Waals surface area contributed by atoms with E-state index in [1.54, 1.807) is 6.92 Å². The van der Waals surface area contributed by atoms with Crippen LogP contribution in [-0.4, -0.2) is 40.6 Å². The summed E-state index contributed by atoms with van der Waals surface area (Å²) in [4.78, 5) is 43.3. The summed E-state index contributed by atoms with van der Waals surface area (Å²) in [6.45, 7) is 3.92. The van der Waals surface area contributed by atoms with Gasteiger partial charge in [0.1, 0.15) is 11.5 Å². The molecule has 12 heteroatoms. The van der Waals surface area contributed by atoms with Crippen LogP contribution in [0.2, 0.25) is 0 Å². The standard InChI is InChI=1S/C19H17FN8O3/c1-3-6-27-16-13(18(30)23-19(27)31)7-11(9-21-16)17(29)22-15-8-12(4-5-14(15)20)28-10(2)24-25-26-28/h4-5,7-9H,3,6H2,1-2H3,(H,22,29)(H,23,30,31). The van der Waals surface area contributed by atoms with Gasteiger partial charge in [0.15, 0.2) is 5.82 Å². The highest BCUT2D eigenvalue weighted by atomic mass is 19.1. The summed E-state index contributed by atoms with van der Waals surface area (Å²) in [5, 5.41) is 13.7. The number of halogens is 1. The van der Waals surface area contributed by atoms with E-state index >= 15 is 0 Å². The summed E-state index contributed by atoms with van der Waals surface area (Å²) in [5.41, 5.74) is -0.659. The molecule has 3 aromatic heterocycles. The number of nitrogens with one attached hydrogen (secondary N) is 2. The molecule has 0 aliphatic heterocycles. The quantitative estimate of drug-likeness (QED) is 0.490. The number of carbonyl (C=O) groups is 1. The molecule has 4 rings (SSSR count). The largest absolute Gasteiger partial charge is 0.329 e. The third-order valence-corrected chi connectivity index (χ3v) is 4.61. The van der Waals surface area contributed by atoms with Gasteiger partial charge in [-0.2, -0.15) is 4.68 Å². The maximum absolute atomic E-state index is 14.3. The number of carbonyl (C=O) groups excluding carboxylic acids is 1. The van der Waals surface area contributed by atoms with Crippen molar-refractivity contribution in [2.75, 3.05) is 5.32 Å². The molecule has 2 N–H and O–H groups in total. The Morgan fingerprint density at radius 2 is 2.06 bits per heavy atom. The van der Waals surface area contributed by atoms with Gasteiger partial charge in [0.25, 0.3) is 11.5 Å². The fourth-order valence-electron chi connectivity index (χ4n) is 3.13. The number of benzene rings is 1. The second kappa shape index (κ2) is 7.89. The van der Waals surface area contributed by atoms with E-state index in [9.17, 15) is 18.8 Å². The number of hydrogen-bond acceptors (Lipinski definition) is 7. The number of anilines is 1. The zero-order valence-corrected chi connectivity index (χ0v) is 16.6. The molecule has 3 heterocycles. The first-order valence-electron chi connectivity index (χ1n) is 9.38. The van der Waals surface area contributed by atoms with Crippen LogP contribution in [0, 0.1) is 12.7 Å². The molecule has 0 bridgehead atoms. The first kappa shape index (κ1) is 20.1. The van der Waals surface area contributed by atoms with Crippen LogP contribution in [0.3, 0.4) is 0 Å². The second-order valence-electron chi connectivity index (χ2n) is 6.76. The predicted octanol–water partition coefficient (Wildman–Crippen LogP) is 1.17. The van der Waals surface area contributed by atoms with Gasteiger partial charge < -0.3 is 5.32 Å². The fourth-order valence-corrected chi connectivity index (χ4v) is 3.13. The van der Waals surface area contributed by atoms with Gasteiger partial charge in [0.05, 0.1) is 22.3 Å². The average Bonchev–Trinajstić information content (AvgIpc) is 3.18. The van der Waals surface area contributed by atoms with Crippen molar-refractivity contribution >= 4 is 22.6 Å². The summed E-state index contributed by atoms with van der Waals surface area (Å²) < 4.78 is 17.0. The molecule has 31 heavy (non-hydrogen) atoms. The summed E-state index contributed by atoms with van der Waals surface area (Å²) >= 11 is 0. The Bertz CT molecular complexity index is 1420. The number of aromatic amines is 1. The molecule has 0 spiro atoms. The number of amides is 1. The number of pyridine rings is 1. The molecule has 0 saturated heterocycles. The molecule has 1 amide bonds. The maximum Gasteiger partial charge on any atom is 0.329 e. The number of fused-ring (bicyclic) bond motifs is 1. The van der Waals surface area contributed by atoms with Crippen molar-refractivity contribution in [1.82, 2.24) is 34.7 Å². The van der Waals surface area contributed by atoms with E-state index in [0.717, 1.165) is 0 Å².